The second kappa shape index (κ2) is 5.26. The van der Waals surface area contributed by atoms with Gasteiger partial charge in [0, 0.05) is 6.54 Å². The summed E-state index contributed by atoms with van der Waals surface area (Å²) in [7, 11) is 1.27. The predicted molar refractivity (Wildman–Crippen MR) is 66.0 cm³/mol. The van der Waals surface area contributed by atoms with Gasteiger partial charge in [-0.3, -0.25) is 4.79 Å². The Morgan fingerprint density at radius 1 is 1.58 bits per heavy atom. The SMILES string of the molecule is COC(=O)CN1CC(c2ccc(F)c(C)c2)NC1=O. The van der Waals surface area contributed by atoms with Crippen LogP contribution in [0.1, 0.15) is 17.2 Å². The standard InChI is InChI=1S/C13H15FN2O3/c1-8-5-9(3-4-10(8)14)11-6-16(13(18)15-11)7-12(17)19-2/h3-5,11H,6-7H2,1-2H3,(H,15,18). The highest BCUT2D eigenvalue weighted by atomic mass is 19.1. The normalized spacial score (nSPS) is 18.4. The number of aryl methyl sites for hydroxylation is 1. The minimum absolute atomic E-state index is 0.0843. The molecule has 19 heavy (non-hydrogen) atoms. The summed E-state index contributed by atoms with van der Waals surface area (Å²) in [5, 5.41) is 2.75. The Labute approximate surface area is 110 Å². The first-order valence-electron chi connectivity index (χ1n) is 5.89. The summed E-state index contributed by atoms with van der Waals surface area (Å²) < 4.78 is 17.7. The third-order valence-corrected chi connectivity index (χ3v) is 3.12. The van der Waals surface area contributed by atoms with E-state index in [0.29, 0.717) is 12.1 Å². The third-order valence-electron chi connectivity index (χ3n) is 3.12. The Bertz CT molecular complexity index is 519. The molecule has 0 aromatic heterocycles. The van der Waals surface area contributed by atoms with Crippen LogP contribution >= 0.6 is 0 Å². The number of rotatable bonds is 3. The van der Waals surface area contributed by atoms with Crippen molar-refractivity contribution in [3.05, 3.63) is 35.1 Å². The number of ether oxygens (including phenoxy) is 1. The Balaban J connectivity index is 2.09. The monoisotopic (exact) mass is 266 g/mol. The lowest BCUT2D eigenvalue weighted by Crippen LogP contribution is -2.33. The van der Waals surface area contributed by atoms with Gasteiger partial charge in [0.05, 0.1) is 13.2 Å². The molecule has 1 aromatic rings. The van der Waals surface area contributed by atoms with Crippen molar-refractivity contribution in [2.45, 2.75) is 13.0 Å². The highest BCUT2D eigenvalue weighted by molar-refractivity contribution is 5.82. The van der Waals surface area contributed by atoms with Gasteiger partial charge in [0.2, 0.25) is 0 Å². The number of carbonyl (C=O) groups is 2. The number of methoxy groups -OCH3 is 1. The predicted octanol–water partition coefficient (Wildman–Crippen LogP) is 1.37. The van der Waals surface area contributed by atoms with Crippen LogP contribution in [0.3, 0.4) is 0 Å². The van der Waals surface area contributed by atoms with Crippen LogP contribution in [0.25, 0.3) is 0 Å². The van der Waals surface area contributed by atoms with Gasteiger partial charge in [-0.1, -0.05) is 12.1 Å². The summed E-state index contributed by atoms with van der Waals surface area (Å²) >= 11 is 0. The summed E-state index contributed by atoms with van der Waals surface area (Å²) in [4.78, 5) is 24.2. The van der Waals surface area contributed by atoms with Gasteiger partial charge in [-0.25, -0.2) is 9.18 Å². The van der Waals surface area contributed by atoms with Crippen LogP contribution in [0.15, 0.2) is 18.2 Å². The van der Waals surface area contributed by atoms with E-state index in [2.05, 4.69) is 10.1 Å². The summed E-state index contributed by atoms with van der Waals surface area (Å²) in [5.41, 5.74) is 1.35. The Morgan fingerprint density at radius 3 is 2.95 bits per heavy atom. The quantitative estimate of drug-likeness (QED) is 0.841. The highest BCUT2D eigenvalue weighted by Gasteiger charge is 2.31. The van der Waals surface area contributed by atoms with Gasteiger partial charge in [-0.15, -0.1) is 0 Å². The van der Waals surface area contributed by atoms with Gasteiger partial charge in [-0.05, 0) is 24.1 Å². The van der Waals surface area contributed by atoms with Crippen molar-refractivity contribution in [2.24, 2.45) is 0 Å². The van der Waals surface area contributed by atoms with Crippen LogP contribution in [0, 0.1) is 12.7 Å². The van der Waals surface area contributed by atoms with Crippen LogP contribution in [0.4, 0.5) is 9.18 Å². The molecule has 6 heteroatoms. The molecule has 1 fully saturated rings. The molecule has 1 aliphatic rings. The molecule has 1 heterocycles. The Kier molecular flexibility index (Phi) is 3.69. The van der Waals surface area contributed by atoms with Gasteiger partial charge < -0.3 is 15.0 Å². The number of carbonyl (C=O) groups excluding carboxylic acids is 2. The molecule has 0 saturated carbocycles. The Morgan fingerprint density at radius 2 is 2.32 bits per heavy atom. The summed E-state index contributed by atoms with van der Waals surface area (Å²) in [6, 6.07) is 4.14. The van der Waals surface area contributed by atoms with E-state index in [1.54, 1.807) is 19.1 Å². The molecule has 1 aromatic carbocycles. The largest absolute Gasteiger partial charge is 0.468 e. The summed E-state index contributed by atoms with van der Waals surface area (Å²) in [5.74, 6) is -0.745. The molecular weight excluding hydrogens is 251 g/mol. The summed E-state index contributed by atoms with van der Waals surface area (Å²) in [6.45, 7) is 1.94. The van der Waals surface area contributed by atoms with E-state index in [0.717, 1.165) is 5.56 Å². The van der Waals surface area contributed by atoms with E-state index in [1.165, 1.54) is 18.1 Å². The van der Waals surface area contributed by atoms with Crippen molar-refractivity contribution in [1.29, 1.82) is 0 Å². The number of nitrogens with zero attached hydrogens (tertiary/aromatic N) is 1. The minimum atomic E-state index is -0.467. The maximum absolute atomic E-state index is 13.2. The fraction of sp³-hybridized carbons (Fsp3) is 0.385. The van der Waals surface area contributed by atoms with E-state index in [9.17, 15) is 14.0 Å². The lowest BCUT2D eigenvalue weighted by Gasteiger charge is -2.13. The number of benzene rings is 1. The van der Waals surface area contributed by atoms with E-state index in [4.69, 9.17) is 0 Å². The van der Waals surface area contributed by atoms with E-state index >= 15 is 0 Å². The third kappa shape index (κ3) is 2.83. The lowest BCUT2D eigenvalue weighted by atomic mass is 10.0. The molecule has 0 radical (unpaired) electrons. The van der Waals surface area contributed by atoms with Crippen LogP contribution in [-0.2, 0) is 9.53 Å². The molecule has 2 amide bonds. The van der Waals surface area contributed by atoms with Crippen molar-refractivity contribution >= 4 is 12.0 Å². The number of esters is 1. The van der Waals surface area contributed by atoms with Crippen LogP contribution in [0.2, 0.25) is 0 Å². The zero-order valence-electron chi connectivity index (χ0n) is 10.8. The van der Waals surface area contributed by atoms with Gasteiger partial charge in [-0.2, -0.15) is 0 Å². The second-order valence-electron chi connectivity index (χ2n) is 4.47. The fourth-order valence-electron chi connectivity index (χ4n) is 2.02. The van der Waals surface area contributed by atoms with E-state index < -0.39 is 5.97 Å². The first-order valence-corrected chi connectivity index (χ1v) is 5.89. The molecule has 102 valence electrons. The average Bonchev–Trinajstić information content (AvgIpc) is 2.74. The molecule has 1 saturated heterocycles. The number of hydrogen-bond donors (Lipinski definition) is 1. The smallest absolute Gasteiger partial charge is 0.325 e. The number of amides is 2. The molecule has 5 nitrogen and oxygen atoms in total. The highest BCUT2D eigenvalue weighted by Crippen LogP contribution is 2.22. The number of urea groups is 1. The molecule has 0 spiro atoms. The van der Waals surface area contributed by atoms with Gasteiger partial charge in [0.1, 0.15) is 12.4 Å². The molecule has 0 aliphatic carbocycles. The van der Waals surface area contributed by atoms with Crippen LogP contribution in [-0.4, -0.2) is 37.1 Å². The zero-order valence-corrected chi connectivity index (χ0v) is 10.8. The molecule has 1 unspecified atom stereocenters. The van der Waals surface area contributed by atoms with Crippen molar-refractivity contribution in [1.82, 2.24) is 10.2 Å². The molecule has 1 aliphatic heterocycles. The lowest BCUT2D eigenvalue weighted by molar-refractivity contribution is -0.141. The molecule has 1 atom stereocenters. The maximum Gasteiger partial charge on any atom is 0.325 e. The number of nitrogens with one attached hydrogen (secondary N) is 1. The molecule has 1 N–H and O–H groups in total. The topological polar surface area (TPSA) is 58.6 Å². The Hall–Kier alpha value is -2.11. The maximum atomic E-state index is 13.2. The van der Waals surface area contributed by atoms with Crippen molar-refractivity contribution in [3.8, 4) is 0 Å². The van der Waals surface area contributed by atoms with Gasteiger partial charge >= 0.3 is 12.0 Å². The molecule has 2 rings (SSSR count). The molecule has 0 bridgehead atoms. The second-order valence-corrected chi connectivity index (χ2v) is 4.47. The van der Waals surface area contributed by atoms with Crippen LogP contribution < -0.4 is 5.32 Å². The van der Waals surface area contributed by atoms with Crippen LogP contribution in [0.5, 0.6) is 0 Å². The number of hydrogen-bond acceptors (Lipinski definition) is 3. The van der Waals surface area contributed by atoms with E-state index in [1.807, 2.05) is 0 Å². The van der Waals surface area contributed by atoms with Crippen molar-refractivity contribution in [3.63, 3.8) is 0 Å². The van der Waals surface area contributed by atoms with Gasteiger partial charge in [0.25, 0.3) is 0 Å². The van der Waals surface area contributed by atoms with E-state index in [-0.39, 0.29) is 24.4 Å². The first-order chi connectivity index (χ1) is 9.01. The minimum Gasteiger partial charge on any atom is -0.468 e. The fourth-order valence-corrected chi connectivity index (χ4v) is 2.02. The first kappa shape index (κ1) is 13.3. The van der Waals surface area contributed by atoms with Gasteiger partial charge in [0.15, 0.2) is 0 Å². The van der Waals surface area contributed by atoms with Crippen molar-refractivity contribution < 1.29 is 18.7 Å². The molecular formula is C13H15FN2O3. The van der Waals surface area contributed by atoms with Crippen molar-refractivity contribution in [2.75, 3.05) is 20.2 Å². The summed E-state index contributed by atoms with van der Waals surface area (Å²) in [6.07, 6.45) is 0. The zero-order chi connectivity index (χ0) is 14.0. The number of halogens is 1. The average molecular weight is 266 g/mol.